The van der Waals surface area contributed by atoms with Gasteiger partial charge in [0.25, 0.3) is 5.91 Å². The molecule has 5 nitrogen and oxygen atoms in total. The molecule has 0 unspecified atom stereocenters. The molecule has 2 heterocycles. The lowest BCUT2D eigenvalue weighted by atomic mass is 9.98. The van der Waals surface area contributed by atoms with Crippen molar-refractivity contribution in [2.45, 2.75) is 19.0 Å². The molecule has 2 amide bonds. The van der Waals surface area contributed by atoms with Gasteiger partial charge in [-0.2, -0.15) is 0 Å². The third-order valence-electron chi connectivity index (χ3n) is 5.81. The summed E-state index contributed by atoms with van der Waals surface area (Å²) in [5, 5.41) is 5.17. The van der Waals surface area contributed by atoms with Crippen molar-refractivity contribution >= 4 is 23.2 Å². The summed E-state index contributed by atoms with van der Waals surface area (Å²) in [6.45, 7) is 4.59. The van der Waals surface area contributed by atoms with Gasteiger partial charge in [0.2, 0.25) is 5.91 Å². The summed E-state index contributed by atoms with van der Waals surface area (Å²) in [5.41, 5.74) is 2.11. The zero-order chi connectivity index (χ0) is 21.6. The monoisotopic (exact) mass is 433 g/mol. The molecule has 1 aliphatic heterocycles. The van der Waals surface area contributed by atoms with Crippen LogP contribution in [0, 0.1) is 0 Å². The minimum Gasteiger partial charge on any atom is -0.344 e. The molecule has 31 heavy (non-hydrogen) atoms. The second-order valence-electron chi connectivity index (χ2n) is 7.74. The number of benzene rings is 2. The van der Waals surface area contributed by atoms with Crippen molar-refractivity contribution in [3.8, 4) is 0 Å². The van der Waals surface area contributed by atoms with Gasteiger partial charge in [-0.3, -0.25) is 14.5 Å². The molecule has 2 aromatic carbocycles. The summed E-state index contributed by atoms with van der Waals surface area (Å²) in [6, 6.07) is 23.4. The van der Waals surface area contributed by atoms with E-state index in [4.69, 9.17) is 0 Å². The lowest BCUT2D eigenvalue weighted by molar-refractivity contribution is -0.126. The summed E-state index contributed by atoms with van der Waals surface area (Å²) in [5.74, 6) is 0.0794. The molecule has 1 saturated heterocycles. The van der Waals surface area contributed by atoms with Gasteiger partial charge in [-0.05, 0) is 29.5 Å². The third-order valence-corrected chi connectivity index (χ3v) is 6.67. The maximum absolute atomic E-state index is 13.2. The number of amides is 2. The van der Waals surface area contributed by atoms with Crippen LogP contribution in [0.1, 0.15) is 33.8 Å². The predicted molar refractivity (Wildman–Crippen MR) is 124 cm³/mol. The van der Waals surface area contributed by atoms with E-state index in [0.29, 0.717) is 26.2 Å². The Labute approximate surface area is 187 Å². The SMILES string of the molecule is C[C@H](C(=O)NC(c1ccccc1)c1ccccc1)N1CCN(C(=O)c2cccs2)CC1. The van der Waals surface area contributed by atoms with Crippen LogP contribution >= 0.6 is 11.3 Å². The topological polar surface area (TPSA) is 52.7 Å². The molecule has 0 saturated carbocycles. The van der Waals surface area contributed by atoms with Crippen molar-refractivity contribution in [1.29, 1.82) is 0 Å². The van der Waals surface area contributed by atoms with Gasteiger partial charge in [0, 0.05) is 26.2 Å². The van der Waals surface area contributed by atoms with E-state index in [1.165, 1.54) is 11.3 Å². The lowest BCUT2D eigenvalue weighted by Gasteiger charge is -2.37. The first-order valence-corrected chi connectivity index (χ1v) is 11.5. The fourth-order valence-corrected chi connectivity index (χ4v) is 4.64. The van der Waals surface area contributed by atoms with Crippen LogP contribution in [-0.2, 0) is 4.79 Å². The van der Waals surface area contributed by atoms with E-state index in [0.717, 1.165) is 16.0 Å². The van der Waals surface area contributed by atoms with Crippen molar-refractivity contribution in [3.05, 3.63) is 94.2 Å². The van der Waals surface area contributed by atoms with Crippen LogP contribution < -0.4 is 5.32 Å². The van der Waals surface area contributed by atoms with Gasteiger partial charge in [-0.1, -0.05) is 66.7 Å². The van der Waals surface area contributed by atoms with Gasteiger partial charge in [0.05, 0.1) is 17.0 Å². The average Bonchev–Trinajstić information content (AvgIpc) is 3.38. The Morgan fingerprint density at radius 3 is 1.94 bits per heavy atom. The average molecular weight is 434 g/mol. The van der Waals surface area contributed by atoms with Gasteiger partial charge in [0.15, 0.2) is 0 Å². The molecule has 0 spiro atoms. The summed E-state index contributed by atoms with van der Waals surface area (Å²) in [6.07, 6.45) is 0. The number of piperazine rings is 1. The van der Waals surface area contributed by atoms with Gasteiger partial charge in [0.1, 0.15) is 0 Å². The summed E-state index contributed by atoms with van der Waals surface area (Å²) >= 11 is 1.47. The smallest absolute Gasteiger partial charge is 0.264 e. The first-order chi connectivity index (χ1) is 15.1. The number of hydrogen-bond acceptors (Lipinski definition) is 4. The molecule has 1 atom stereocenters. The van der Waals surface area contributed by atoms with Gasteiger partial charge in [-0.25, -0.2) is 0 Å². The number of carbonyl (C=O) groups is 2. The molecule has 1 aromatic heterocycles. The third kappa shape index (κ3) is 5.03. The Bertz CT molecular complexity index is 945. The maximum Gasteiger partial charge on any atom is 0.264 e. The molecule has 0 bridgehead atoms. The Morgan fingerprint density at radius 2 is 1.42 bits per heavy atom. The summed E-state index contributed by atoms with van der Waals surface area (Å²) in [7, 11) is 0. The molecule has 4 rings (SSSR count). The van der Waals surface area contributed by atoms with Gasteiger partial charge < -0.3 is 10.2 Å². The number of nitrogens with one attached hydrogen (secondary N) is 1. The lowest BCUT2D eigenvalue weighted by Crippen LogP contribution is -2.55. The van der Waals surface area contributed by atoms with Crippen LogP contribution in [0.2, 0.25) is 0 Å². The molecule has 0 aliphatic carbocycles. The number of nitrogens with zero attached hydrogens (tertiary/aromatic N) is 2. The summed E-state index contributed by atoms with van der Waals surface area (Å²) in [4.78, 5) is 30.5. The Kier molecular flexibility index (Phi) is 6.79. The normalized spacial score (nSPS) is 15.6. The fraction of sp³-hybridized carbons (Fsp3) is 0.280. The molecule has 0 radical (unpaired) electrons. The largest absolute Gasteiger partial charge is 0.344 e. The standard InChI is InChI=1S/C25H27N3O2S/c1-19(27-14-16-28(17-15-27)25(30)22-13-8-18-31-22)24(29)26-23(20-9-4-2-5-10-20)21-11-6-3-7-12-21/h2-13,18-19,23H,14-17H2,1H3,(H,26,29)/t19-/m1/s1. The first-order valence-electron chi connectivity index (χ1n) is 10.6. The number of hydrogen-bond donors (Lipinski definition) is 1. The highest BCUT2D eigenvalue weighted by Gasteiger charge is 2.29. The first kappa shape index (κ1) is 21.3. The van der Waals surface area contributed by atoms with Crippen LogP contribution in [0.5, 0.6) is 0 Å². The predicted octanol–water partition coefficient (Wildman–Crippen LogP) is 3.80. The van der Waals surface area contributed by atoms with Crippen molar-refractivity contribution in [2.24, 2.45) is 0 Å². The number of carbonyl (C=O) groups excluding carboxylic acids is 2. The molecule has 160 valence electrons. The van der Waals surface area contributed by atoms with Gasteiger partial charge in [-0.15, -0.1) is 11.3 Å². The van der Waals surface area contributed by atoms with E-state index in [1.54, 1.807) is 0 Å². The minimum absolute atomic E-state index is 0.00394. The Morgan fingerprint density at radius 1 is 0.839 bits per heavy atom. The molecule has 6 heteroatoms. The zero-order valence-electron chi connectivity index (χ0n) is 17.6. The van der Waals surface area contributed by atoms with E-state index in [9.17, 15) is 9.59 Å². The maximum atomic E-state index is 13.2. The summed E-state index contributed by atoms with van der Waals surface area (Å²) < 4.78 is 0. The van der Waals surface area contributed by atoms with E-state index < -0.39 is 0 Å². The van der Waals surface area contributed by atoms with Crippen LogP contribution in [-0.4, -0.2) is 53.8 Å². The molecule has 3 aromatic rings. The molecule has 1 N–H and O–H groups in total. The van der Waals surface area contributed by atoms with Gasteiger partial charge >= 0.3 is 0 Å². The number of rotatable bonds is 6. The highest BCUT2D eigenvalue weighted by molar-refractivity contribution is 7.12. The van der Waals surface area contributed by atoms with Crippen molar-refractivity contribution in [2.75, 3.05) is 26.2 Å². The second kappa shape index (κ2) is 9.90. The Hall–Kier alpha value is -2.96. The fourth-order valence-electron chi connectivity index (χ4n) is 3.95. The van der Waals surface area contributed by atoms with Crippen molar-refractivity contribution in [3.63, 3.8) is 0 Å². The minimum atomic E-state index is -0.270. The highest BCUT2D eigenvalue weighted by Crippen LogP contribution is 2.22. The molecule has 1 fully saturated rings. The van der Waals surface area contributed by atoms with E-state index in [-0.39, 0.29) is 23.9 Å². The molecule has 1 aliphatic rings. The van der Waals surface area contributed by atoms with Crippen LogP contribution in [0.15, 0.2) is 78.2 Å². The molecular formula is C25H27N3O2S. The van der Waals surface area contributed by atoms with Crippen LogP contribution in [0.25, 0.3) is 0 Å². The van der Waals surface area contributed by atoms with Crippen molar-refractivity contribution < 1.29 is 9.59 Å². The van der Waals surface area contributed by atoms with Crippen LogP contribution in [0.4, 0.5) is 0 Å². The second-order valence-corrected chi connectivity index (χ2v) is 8.69. The van der Waals surface area contributed by atoms with Crippen molar-refractivity contribution in [1.82, 2.24) is 15.1 Å². The highest BCUT2D eigenvalue weighted by atomic mass is 32.1. The van der Waals surface area contributed by atoms with E-state index in [2.05, 4.69) is 10.2 Å². The molecular weight excluding hydrogens is 406 g/mol. The van der Waals surface area contributed by atoms with Crippen LogP contribution in [0.3, 0.4) is 0 Å². The van der Waals surface area contributed by atoms with E-state index >= 15 is 0 Å². The Balaban J connectivity index is 1.40. The quantitative estimate of drug-likeness (QED) is 0.643. The number of thiophene rings is 1. The van der Waals surface area contributed by atoms with E-state index in [1.807, 2.05) is 90.0 Å². The zero-order valence-corrected chi connectivity index (χ0v) is 18.4.